The molecule has 0 aliphatic rings. The highest BCUT2D eigenvalue weighted by molar-refractivity contribution is 6.03. The van der Waals surface area contributed by atoms with Gasteiger partial charge in [0.2, 0.25) is 0 Å². The predicted molar refractivity (Wildman–Crippen MR) is 78.0 cm³/mol. The molecule has 0 saturated carbocycles. The highest BCUT2D eigenvalue weighted by atomic mass is 16.3. The number of aromatic hydroxyl groups is 1. The van der Waals surface area contributed by atoms with E-state index in [0.717, 1.165) is 27.5 Å². The average molecular weight is 261 g/mol. The number of hydrogen-bond acceptors (Lipinski definition) is 3. The number of nitrogens with zero attached hydrogens (tertiary/aromatic N) is 3. The molecule has 0 bridgehead atoms. The van der Waals surface area contributed by atoms with Crippen LogP contribution in [0.1, 0.15) is 0 Å². The fourth-order valence-electron chi connectivity index (χ4n) is 2.38. The normalized spacial score (nSPS) is 11.2. The van der Waals surface area contributed by atoms with Crippen molar-refractivity contribution in [2.75, 3.05) is 0 Å². The highest BCUT2D eigenvalue weighted by Gasteiger charge is 2.08. The molecule has 4 nitrogen and oxygen atoms in total. The minimum atomic E-state index is 0.203. The summed E-state index contributed by atoms with van der Waals surface area (Å²) in [6.07, 6.45) is 0. The molecule has 4 heteroatoms. The van der Waals surface area contributed by atoms with E-state index >= 15 is 0 Å². The van der Waals surface area contributed by atoms with Crippen molar-refractivity contribution in [2.24, 2.45) is 0 Å². The van der Waals surface area contributed by atoms with Crippen LogP contribution >= 0.6 is 0 Å². The molecule has 0 aliphatic carbocycles. The Kier molecular flexibility index (Phi) is 2.23. The Bertz CT molecular complexity index is 927. The van der Waals surface area contributed by atoms with Crippen LogP contribution in [0.2, 0.25) is 0 Å². The number of benzene rings is 3. The Morgan fingerprint density at radius 1 is 0.850 bits per heavy atom. The van der Waals surface area contributed by atoms with Crippen molar-refractivity contribution >= 4 is 21.8 Å². The lowest BCUT2D eigenvalue weighted by Crippen LogP contribution is -1.97. The van der Waals surface area contributed by atoms with Crippen LogP contribution in [0.3, 0.4) is 0 Å². The van der Waals surface area contributed by atoms with E-state index in [0.29, 0.717) is 0 Å². The Morgan fingerprint density at radius 3 is 2.65 bits per heavy atom. The minimum absolute atomic E-state index is 0.203. The summed E-state index contributed by atoms with van der Waals surface area (Å²) in [7, 11) is 0. The van der Waals surface area contributed by atoms with Gasteiger partial charge in [-0.25, -0.2) is 0 Å². The van der Waals surface area contributed by atoms with Gasteiger partial charge in [-0.2, -0.15) is 4.80 Å². The van der Waals surface area contributed by atoms with E-state index < -0.39 is 0 Å². The Hall–Kier alpha value is -2.88. The first-order valence-electron chi connectivity index (χ1n) is 6.35. The molecule has 0 unspecified atom stereocenters. The third-order valence-corrected chi connectivity index (χ3v) is 3.34. The lowest BCUT2D eigenvalue weighted by Gasteiger charge is -1.98. The van der Waals surface area contributed by atoms with Crippen molar-refractivity contribution in [1.29, 1.82) is 0 Å². The molecule has 1 aromatic heterocycles. The fraction of sp³-hybridized carbons (Fsp3) is 0. The molecule has 20 heavy (non-hydrogen) atoms. The van der Waals surface area contributed by atoms with Crippen molar-refractivity contribution in [1.82, 2.24) is 15.0 Å². The quantitative estimate of drug-likeness (QED) is 0.572. The lowest BCUT2D eigenvalue weighted by molar-refractivity contribution is 0.474. The van der Waals surface area contributed by atoms with Gasteiger partial charge in [-0.15, -0.1) is 10.2 Å². The van der Waals surface area contributed by atoms with E-state index in [9.17, 15) is 5.11 Å². The third-order valence-electron chi connectivity index (χ3n) is 3.34. The number of aromatic nitrogens is 3. The van der Waals surface area contributed by atoms with Crippen LogP contribution in [0.25, 0.3) is 27.5 Å². The van der Waals surface area contributed by atoms with Crippen molar-refractivity contribution in [3.05, 3.63) is 60.7 Å². The Morgan fingerprint density at radius 2 is 1.75 bits per heavy atom. The molecule has 4 rings (SSSR count). The molecular formula is C16H11N3O. The van der Waals surface area contributed by atoms with Gasteiger partial charge < -0.3 is 5.11 Å². The zero-order valence-electron chi connectivity index (χ0n) is 10.6. The van der Waals surface area contributed by atoms with Crippen LogP contribution in [-0.4, -0.2) is 20.1 Å². The van der Waals surface area contributed by atoms with Gasteiger partial charge in [0.25, 0.3) is 0 Å². The maximum Gasteiger partial charge on any atom is 0.121 e. The molecule has 1 N–H and O–H groups in total. The molecule has 0 aliphatic heterocycles. The molecule has 0 spiro atoms. The van der Waals surface area contributed by atoms with Crippen LogP contribution in [-0.2, 0) is 0 Å². The number of phenolic OH excluding ortho intramolecular Hbond substituents is 1. The maximum atomic E-state index is 9.55. The second-order valence-corrected chi connectivity index (χ2v) is 4.66. The molecule has 0 saturated heterocycles. The molecule has 0 atom stereocenters. The maximum absolute atomic E-state index is 9.55. The molecule has 96 valence electrons. The molecular weight excluding hydrogens is 250 g/mol. The summed E-state index contributed by atoms with van der Waals surface area (Å²) in [4.78, 5) is 1.55. The van der Waals surface area contributed by atoms with Crippen molar-refractivity contribution in [3.63, 3.8) is 0 Å². The summed E-state index contributed by atoms with van der Waals surface area (Å²) in [6, 6.07) is 19.0. The fourth-order valence-corrected chi connectivity index (χ4v) is 2.38. The van der Waals surface area contributed by atoms with Gasteiger partial charge in [-0.3, -0.25) is 0 Å². The largest absolute Gasteiger partial charge is 0.508 e. The first-order chi connectivity index (χ1) is 9.81. The number of rotatable bonds is 1. The van der Waals surface area contributed by atoms with Crippen molar-refractivity contribution in [2.45, 2.75) is 0 Å². The number of phenols is 1. The molecule has 1 heterocycles. The van der Waals surface area contributed by atoms with E-state index in [2.05, 4.69) is 16.3 Å². The first kappa shape index (κ1) is 11.0. The Labute approximate surface area is 114 Å². The highest BCUT2D eigenvalue weighted by Crippen LogP contribution is 2.23. The average Bonchev–Trinajstić information content (AvgIpc) is 2.92. The van der Waals surface area contributed by atoms with E-state index in [4.69, 9.17) is 0 Å². The molecule has 0 fully saturated rings. The smallest absolute Gasteiger partial charge is 0.121 e. The molecule has 4 aromatic rings. The molecule has 0 radical (unpaired) electrons. The first-order valence-corrected chi connectivity index (χ1v) is 6.35. The Balaban J connectivity index is 2.01. The van der Waals surface area contributed by atoms with Crippen LogP contribution in [0.15, 0.2) is 60.7 Å². The van der Waals surface area contributed by atoms with Crippen molar-refractivity contribution < 1.29 is 5.11 Å². The van der Waals surface area contributed by atoms with E-state index in [-0.39, 0.29) is 5.75 Å². The molecule has 0 amide bonds. The number of hydrogen-bond donors (Lipinski definition) is 1. The second-order valence-electron chi connectivity index (χ2n) is 4.66. The van der Waals surface area contributed by atoms with Crippen LogP contribution in [0.5, 0.6) is 5.75 Å². The van der Waals surface area contributed by atoms with Gasteiger partial charge in [-0.1, -0.05) is 36.4 Å². The van der Waals surface area contributed by atoms with Gasteiger partial charge in [-0.05, 0) is 23.6 Å². The van der Waals surface area contributed by atoms with Crippen LogP contribution in [0.4, 0.5) is 0 Å². The predicted octanol–water partition coefficient (Wildman–Crippen LogP) is 3.28. The zero-order chi connectivity index (χ0) is 13.5. The van der Waals surface area contributed by atoms with Gasteiger partial charge in [0.15, 0.2) is 0 Å². The van der Waals surface area contributed by atoms with Gasteiger partial charge in [0, 0.05) is 11.5 Å². The number of fused-ring (bicyclic) bond motifs is 3. The van der Waals surface area contributed by atoms with E-state index in [1.165, 1.54) is 0 Å². The second kappa shape index (κ2) is 4.06. The minimum Gasteiger partial charge on any atom is -0.508 e. The SMILES string of the molecule is Oc1cccc(-n2nc3ccc4ccccc4c3n2)c1. The van der Waals surface area contributed by atoms with Crippen molar-refractivity contribution in [3.8, 4) is 11.4 Å². The van der Waals surface area contributed by atoms with Gasteiger partial charge in [0.05, 0.1) is 5.69 Å². The van der Waals surface area contributed by atoms with Crippen LogP contribution < -0.4 is 0 Å². The lowest BCUT2D eigenvalue weighted by atomic mass is 10.1. The summed E-state index contributed by atoms with van der Waals surface area (Å²) in [5, 5.41) is 20.8. The monoisotopic (exact) mass is 261 g/mol. The van der Waals surface area contributed by atoms with E-state index in [1.54, 1.807) is 23.0 Å². The topological polar surface area (TPSA) is 50.9 Å². The van der Waals surface area contributed by atoms with Gasteiger partial charge in [0.1, 0.15) is 16.8 Å². The van der Waals surface area contributed by atoms with E-state index in [1.807, 2.05) is 36.4 Å². The van der Waals surface area contributed by atoms with Gasteiger partial charge >= 0.3 is 0 Å². The standard InChI is InChI=1S/C16H11N3O/c20-13-6-3-5-12(10-13)19-17-15-9-8-11-4-1-2-7-14(11)16(15)18-19/h1-10,20H. The summed E-state index contributed by atoms with van der Waals surface area (Å²) in [6.45, 7) is 0. The zero-order valence-corrected chi connectivity index (χ0v) is 10.6. The molecule has 3 aromatic carbocycles. The summed E-state index contributed by atoms with van der Waals surface area (Å²) in [5.41, 5.74) is 2.45. The third kappa shape index (κ3) is 1.62. The van der Waals surface area contributed by atoms with Crippen LogP contribution in [0, 0.1) is 0 Å². The summed E-state index contributed by atoms with van der Waals surface area (Å²) >= 11 is 0. The summed E-state index contributed by atoms with van der Waals surface area (Å²) < 4.78 is 0. The summed E-state index contributed by atoms with van der Waals surface area (Å²) in [5.74, 6) is 0.203.